The SMILES string of the molecule is CCCCCCc1cc(/C=C/c2ccc(C(=O)OCC)cc2)no1. The summed E-state index contributed by atoms with van der Waals surface area (Å²) in [6.07, 6.45) is 9.68. The van der Waals surface area contributed by atoms with E-state index in [0.717, 1.165) is 29.9 Å². The van der Waals surface area contributed by atoms with Gasteiger partial charge in [-0.2, -0.15) is 0 Å². The van der Waals surface area contributed by atoms with E-state index >= 15 is 0 Å². The largest absolute Gasteiger partial charge is 0.462 e. The van der Waals surface area contributed by atoms with Crippen LogP contribution in [0.4, 0.5) is 0 Å². The average Bonchev–Trinajstić information content (AvgIpc) is 3.05. The van der Waals surface area contributed by atoms with Gasteiger partial charge in [0.25, 0.3) is 0 Å². The van der Waals surface area contributed by atoms with E-state index in [0.29, 0.717) is 12.2 Å². The summed E-state index contributed by atoms with van der Waals surface area (Å²) in [5.41, 5.74) is 2.37. The first-order valence-electron chi connectivity index (χ1n) is 8.63. The van der Waals surface area contributed by atoms with Gasteiger partial charge in [0.2, 0.25) is 0 Å². The Bertz CT molecular complexity index is 656. The number of nitrogens with zero attached hydrogens (tertiary/aromatic N) is 1. The van der Waals surface area contributed by atoms with E-state index in [1.54, 1.807) is 19.1 Å². The zero-order valence-electron chi connectivity index (χ0n) is 14.5. The lowest BCUT2D eigenvalue weighted by atomic mass is 10.1. The number of benzene rings is 1. The lowest BCUT2D eigenvalue weighted by Crippen LogP contribution is -2.03. The van der Waals surface area contributed by atoms with Gasteiger partial charge in [-0.1, -0.05) is 49.6 Å². The van der Waals surface area contributed by atoms with Gasteiger partial charge in [0.1, 0.15) is 11.5 Å². The molecule has 1 heterocycles. The lowest BCUT2D eigenvalue weighted by molar-refractivity contribution is 0.0526. The molecule has 0 amide bonds. The molecule has 1 aromatic carbocycles. The third kappa shape index (κ3) is 5.69. The maximum absolute atomic E-state index is 11.6. The summed E-state index contributed by atoms with van der Waals surface area (Å²) in [4.78, 5) is 11.6. The molecule has 0 saturated carbocycles. The molecular formula is C20H25NO3. The van der Waals surface area contributed by atoms with E-state index < -0.39 is 0 Å². The molecule has 0 bridgehead atoms. The van der Waals surface area contributed by atoms with Crippen molar-refractivity contribution in [2.45, 2.75) is 46.0 Å². The molecule has 0 N–H and O–H groups in total. The predicted octanol–water partition coefficient (Wildman–Crippen LogP) is 5.14. The van der Waals surface area contributed by atoms with Crippen molar-refractivity contribution in [3.05, 3.63) is 52.9 Å². The van der Waals surface area contributed by atoms with Crippen molar-refractivity contribution < 1.29 is 14.1 Å². The first-order chi connectivity index (χ1) is 11.7. The summed E-state index contributed by atoms with van der Waals surface area (Å²) in [7, 11) is 0. The molecule has 0 fully saturated rings. The average molecular weight is 327 g/mol. The Kier molecular flexibility index (Phi) is 7.27. The number of hydrogen-bond donors (Lipinski definition) is 0. The highest BCUT2D eigenvalue weighted by atomic mass is 16.5. The van der Waals surface area contributed by atoms with Gasteiger partial charge in [-0.25, -0.2) is 4.79 Å². The molecular weight excluding hydrogens is 302 g/mol. The number of carbonyl (C=O) groups is 1. The van der Waals surface area contributed by atoms with Gasteiger partial charge in [0, 0.05) is 12.5 Å². The van der Waals surface area contributed by atoms with Crippen LogP contribution in [0, 0.1) is 0 Å². The Morgan fingerprint density at radius 1 is 1.12 bits per heavy atom. The second-order valence-corrected chi connectivity index (χ2v) is 5.70. The number of aromatic nitrogens is 1. The number of carbonyl (C=O) groups excluding carboxylic acids is 1. The molecule has 0 aliphatic heterocycles. The van der Waals surface area contributed by atoms with E-state index in [-0.39, 0.29) is 5.97 Å². The van der Waals surface area contributed by atoms with Gasteiger partial charge in [-0.15, -0.1) is 0 Å². The number of unbranched alkanes of at least 4 members (excludes halogenated alkanes) is 3. The third-order valence-corrected chi connectivity index (χ3v) is 3.72. The summed E-state index contributed by atoms with van der Waals surface area (Å²) >= 11 is 0. The van der Waals surface area contributed by atoms with Crippen LogP contribution in [0.25, 0.3) is 12.2 Å². The first kappa shape index (κ1) is 18.0. The normalized spacial score (nSPS) is 11.1. The molecule has 2 rings (SSSR count). The Labute approximate surface area is 143 Å². The molecule has 0 aliphatic carbocycles. The van der Waals surface area contributed by atoms with Crippen molar-refractivity contribution in [3.8, 4) is 0 Å². The molecule has 0 atom stereocenters. The number of aryl methyl sites for hydroxylation is 1. The van der Waals surface area contributed by atoms with Crippen molar-refractivity contribution in [2.24, 2.45) is 0 Å². The lowest BCUT2D eigenvalue weighted by Gasteiger charge is -2.01. The molecule has 0 saturated heterocycles. The maximum Gasteiger partial charge on any atom is 0.338 e. The fourth-order valence-corrected chi connectivity index (χ4v) is 2.38. The van der Waals surface area contributed by atoms with Gasteiger partial charge in [-0.05, 0) is 37.1 Å². The van der Waals surface area contributed by atoms with E-state index in [9.17, 15) is 4.79 Å². The minimum Gasteiger partial charge on any atom is -0.462 e. The molecule has 0 radical (unpaired) electrons. The summed E-state index contributed by atoms with van der Waals surface area (Å²) in [5.74, 6) is 0.639. The van der Waals surface area contributed by atoms with E-state index in [4.69, 9.17) is 9.26 Å². The van der Waals surface area contributed by atoms with Crippen LogP contribution in [0.3, 0.4) is 0 Å². The van der Waals surface area contributed by atoms with Crippen LogP contribution in [-0.2, 0) is 11.2 Å². The van der Waals surface area contributed by atoms with Gasteiger partial charge in [0.15, 0.2) is 0 Å². The predicted molar refractivity (Wildman–Crippen MR) is 95.7 cm³/mol. The van der Waals surface area contributed by atoms with Crippen molar-refractivity contribution in [3.63, 3.8) is 0 Å². The fraction of sp³-hybridized carbons (Fsp3) is 0.400. The van der Waals surface area contributed by atoms with E-state index in [2.05, 4.69) is 12.1 Å². The van der Waals surface area contributed by atoms with Crippen LogP contribution in [0.15, 0.2) is 34.9 Å². The highest BCUT2D eigenvalue weighted by Gasteiger charge is 2.05. The van der Waals surface area contributed by atoms with Crippen molar-refractivity contribution in [1.29, 1.82) is 0 Å². The Balaban J connectivity index is 1.89. The minimum absolute atomic E-state index is 0.294. The maximum atomic E-state index is 11.6. The molecule has 0 aliphatic rings. The Morgan fingerprint density at radius 3 is 2.62 bits per heavy atom. The van der Waals surface area contributed by atoms with Crippen LogP contribution in [0.1, 0.15) is 66.9 Å². The summed E-state index contributed by atoms with van der Waals surface area (Å²) in [5, 5.41) is 4.06. The zero-order chi connectivity index (χ0) is 17.2. The van der Waals surface area contributed by atoms with Crippen molar-refractivity contribution >= 4 is 18.1 Å². The van der Waals surface area contributed by atoms with Gasteiger partial charge < -0.3 is 9.26 Å². The van der Waals surface area contributed by atoms with Crippen LogP contribution in [0.5, 0.6) is 0 Å². The van der Waals surface area contributed by atoms with E-state index in [1.807, 2.05) is 30.4 Å². The highest BCUT2D eigenvalue weighted by molar-refractivity contribution is 5.89. The van der Waals surface area contributed by atoms with Crippen LogP contribution in [-0.4, -0.2) is 17.7 Å². The summed E-state index contributed by atoms with van der Waals surface area (Å²) in [6, 6.07) is 9.28. The van der Waals surface area contributed by atoms with Crippen LogP contribution >= 0.6 is 0 Å². The van der Waals surface area contributed by atoms with Crippen LogP contribution < -0.4 is 0 Å². The summed E-state index contributed by atoms with van der Waals surface area (Å²) in [6.45, 7) is 4.38. The molecule has 0 unspecified atom stereocenters. The quantitative estimate of drug-likeness (QED) is 0.472. The number of esters is 1. The third-order valence-electron chi connectivity index (χ3n) is 3.72. The number of rotatable bonds is 9. The molecule has 0 spiro atoms. The number of ether oxygens (including phenoxy) is 1. The van der Waals surface area contributed by atoms with E-state index in [1.165, 1.54) is 19.3 Å². The molecule has 1 aromatic heterocycles. The first-order valence-corrected chi connectivity index (χ1v) is 8.63. The molecule has 4 nitrogen and oxygen atoms in total. The molecule has 2 aromatic rings. The topological polar surface area (TPSA) is 52.3 Å². The Morgan fingerprint density at radius 2 is 1.92 bits per heavy atom. The van der Waals surface area contributed by atoms with Gasteiger partial charge in [0.05, 0.1) is 12.2 Å². The highest BCUT2D eigenvalue weighted by Crippen LogP contribution is 2.13. The fourth-order valence-electron chi connectivity index (χ4n) is 2.38. The zero-order valence-corrected chi connectivity index (χ0v) is 14.5. The van der Waals surface area contributed by atoms with Gasteiger partial charge in [-0.3, -0.25) is 0 Å². The standard InChI is InChI=1S/C20H25NO3/c1-3-5-6-7-8-19-15-18(21-24-19)14-11-16-9-12-17(13-10-16)20(22)23-4-2/h9-15H,3-8H2,1-2H3/b14-11+. The molecule has 4 heteroatoms. The molecule has 24 heavy (non-hydrogen) atoms. The second kappa shape index (κ2) is 9.71. The summed E-state index contributed by atoms with van der Waals surface area (Å²) < 4.78 is 10.3. The Hall–Kier alpha value is -2.36. The van der Waals surface area contributed by atoms with Gasteiger partial charge >= 0.3 is 5.97 Å². The van der Waals surface area contributed by atoms with Crippen molar-refractivity contribution in [2.75, 3.05) is 6.61 Å². The van der Waals surface area contributed by atoms with Crippen molar-refractivity contribution in [1.82, 2.24) is 5.16 Å². The second-order valence-electron chi connectivity index (χ2n) is 5.70. The van der Waals surface area contributed by atoms with Crippen LogP contribution in [0.2, 0.25) is 0 Å². The minimum atomic E-state index is -0.294. The number of hydrogen-bond acceptors (Lipinski definition) is 4. The molecule has 128 valence electrons. The smallest absolute Gasteiger partial charge is 0.338 e. The monoisotopic (exact) mass is 327 g/mol.